The van der Waals surface area contributed by atoms with E-state index < -0.39 is 34.0 Å². The maximum atomic E-state index is 9.92. The molecule has 0 amide bonds. The Labute approximate surface area is 93.7 Å². The van der Waals surface area contributed by atoms with Crippen molar-refractivity contribution in [3.8, 4) is 0 Å². The molecule has 0 saturated carbocycles. The van der Waals surface area contributed by atoms with E-state index >= 15 is 0 Å². The number of hydrogen-bond acceptors (Lipinski definition) is 6. The normalized spacial score (nSPS) is 12.1. The summed E-state index contributed by atoms with van der Waals surface area (Å²) in [7, 11) is -9.02. The van der Waals surface area contributed by atoms with E-state index in [9.17, 15) is 16.8 Å². The first kappa shape index (κ1) is 16.8. The van der Waals surface area contributed by atoms with E-state index in [1.54, 1.807) is 0 Å². The zero-order chi connectivity index (χ0) is 10.5. The third-order valence-corrected chi connectivity index (χ3v) is 1.68. The van der Waals surface area contributed by atoms with Gasteiger partial charge in [0.2, 0.25) is 0 Å². The molecule has 0 saturated heterocycles. The van der Waals surface area contributed by atoms with Crippen LogP contribution in [0, 0.1) is 0 Å². The first-order chi connectivity index (χ1) is 5.71. The van der Waals surface area contributed by atoms with Crippen LogP contribution in [0.4, 0.5) is 0 Å². The Kier molecular flexibility index (Phi) is 8.08. The molecular weight excluding hydrogens is 235 g/mol. The molecule has 2 N–H and O–H groups in total. The molecule has 0 heterocycles. The Bertz CT molecular complexity index is 296. The predicted octanol–water partition coefficient (Wildman–Crippen LogP) is -1.63. The second kappa shape index (κ2) is 6.75. The van der Waals surface area contributed by atoms with Gasteiger partial charge in [0.25, 0.3) is 0 Å². The summed E-state index contributed by atoms with van der Waals surface area (Å²) in [5.41, 5.74) is 0. The standard InChI is InChI=1S/C3H8O8S2.Li.H/c4-12(5,6)10-2-1-3-11-13(7,8)9;;/h1-3H2,(H,4,5,6)(H,7,8,9);;. The summed E-state index contributed by atoms with van der Waals surface area (Å²) < 4.78 is 63.3. The zero-order valence-corrected chi connectivity index (χ0v) is 7.91. The molecule has 0 atom stereocenters. The average Bonchev–Trinajstić information content (AvgIpc) is 1.81. The van der Waals surface area contributed by atoms with Crippen molar-refractivity contribution in [3.05, 3.63) is 0 Å². The molecule has 0 aliphatic rings. The summed E-state index contributed by atoms with van der Waals surface area (Å²) in [6, 6.07) is 0. The SMILES string of the molecule is O=S(=O)(O)OCCCOS(=O)(=O)O.[LiH]. The van der Waals surface area contributed by atoms with Crippen molar-refractivity contribution >= 4 is 39.7 Å². The van der Waals surface area contributed by atoms with Gasteiger partial charge in [-0.3, -0.25) is 9.11 Å². The van der Waals surface area contributed by atoms with E-state index in [1.165, 1.54) is 0 Å². The van der Waals surface area contributed by atoms with Crippen LogP contribution >= 0.6 is 0 Å². The molecule has 0 aliphatic carbocycles. The van der Waals surface area contributed by atoms with Crippen LogP contribution in [-0.2, 0) is 29.2 Å². The van der Waals surface area contributed by atoms with Gasteiger partial charge in [0.15, 0.2) is 0 Å². The Balaban J connectivity index is 0. The molecule has 82 valence electrons. The van der Waals surface area contributed by atoms with Crippen LogP contribution < -0.4 is 0 Å². The van der Waals surface area contributed by atoms with Gasteiger partial charge in [0, 0.05) is 0 Å². The molecule has 11 heteroatoms. The first-order valence-electron chi connectivity index (χ1n) is 2.94. The van der Waals surface area contributed by atoms with Gasteiger partial charge in [-0.05, 0) is 6.42 Å². The number of hydrogen-bond donors (Lipinski definition) is 2. The van der Waals surface area contributed by atoms with Gasteiger partial charge >= 0.3 is 39.7 Å². The Morgan fingerprint density at radius 1 is 0.857 bits per heavy atom. The van der Waals surface area contributed by atoms with Gasteiger partial charge in [-0.15, -0.1) is 0 Å². The van der Waals surface area contributed by atoms with Crippen molar-refractivity contribution in [1.82, 2.24) is 0 Å². The van der Waals surface area contributed by atoms with Crippen LogP contribution in [0.15, 0.2) is 0 Å². The van der Waals surface area contributed by atoms with Gasteiger partial charge in [0.05, 0.1) is 13.2 Å². The van der Waals surface area contributed by atoms with Crippen molar-refractivity contribution in [2.24, 2.45) is 0 Å². The quantitative estimate of drug-likeness (QED) is 0.323. The Morgan fingerprint density at radius 2 is 1.14 bits per heavy atom. The van der Waals surface area contributed by atoms with Crippen molar-refractivity contribution < 1.29 is 34.3 Å². The van der Waals surface area contributed by atoms with E-state index in [0.29, 0.717) is 0 Å². The Morgan fingerprint density at radius 3 is 1.36 bits per heavy atom. The van der Waals surface area contributed by atoms with E-state index in [2.05, 4.69) is 8.37 Å². The average molecular weight is 244 g/mol. The van der Waals surface area contributed by atoms with Crippen molar-refractivity contribution in [1.29, 1.82) is 0 Å². The minimum absolute atomic E-state index is 0. The summed E-state index contributed by atoms with van der Waals surface area (Å²) >= 11 is 0. The summed E-state index contributed by atoms with van der Waals surface area (Å²) in [5.74, 6) is 0. The van der Waals surface area contributed by atoms with E-state index in [0.717, 1.165) is 0 Å². The molecule has 0 fully saturated rings. The molecule has 0 spiro atoms. The topological polar surface area (TPSA) is 127 Å². The molecule has 0 aromatic carbocycles. The van der Waals surface area contributed by atoms with Crippen molar-refractivity contribution in [3.63, 3.8) is 0 Å². The maximum absolute atomic E-state index is 9.92. The molecule has 0 aliphatic heterocycles. The molecule has 0 rings (SSSR count). The molecular formula is C3H9LiO8S2. The fourth-order valence-corrected chi connectivity index (χ4v) is 1.04. The molecule has 8 nitrogen and oxygen atoms in total. The summed E-state index contributed by atoms with van der Waals surface area (Å²) in [6.07, 6.45) is -0.112. The molecule has 0 aromatic heterocycles. The van der Waals surface area contributed by atoms with E-state index in [-0.39, 0.29) is 25.3 Å². The third-order valence-electron chi connectivity index (χ3n) is 0.753. The van der Waals surface area contributed by atoms with Crippen LogP contribution in [0.5, 0.6) is 0 Å². The van der Waals surface area contributed by atoms with Gasteiger partial charge < -0.3 is 0 Å². The summed E-state index contributed by atoms with van der Waals surface area (Å²) in [6.45, 7) is -0.872. The summed E-state index contributed by atoms with van der Waals surface area (Å²) in [5, 5.41) is 0. The van der Waals surface area contributed by atoms with Crippen LogP contribution in [-0.4, -0.2) is 58.0 Å². The summed E-state index contributed by atoms with van der Waals surface area (Å²) in [4.78, 5) is 0. The van der Waals surface area contributed by atoms with Crippen molar-refractivity contribution in [2.45, 2.75) is 6.42 Å². The third kappa shape index (κ3) is 14.8. The Hall–Kier alpha value is 0.337. The number of rotatable bonds is 6. The van der Waals surface area contributed by atoms with E-state index in [1.807, 2.05) is 0 Å². The van der Waals surface area contributed by atoms with Gasteiger partial charge in [-0.25, -0.2) is 8.37 Å². The zero-order valence-electron chi connectivity index (χ0n) is 6.28. The molecule has 0 radical (unpaired) electrons. The monoisotopic (exact) mass is 244 g/mol. The van der Waals surface area contributed by atoms with Crippen LogP contribution in [0.25, 0.3) is 0 Å². The second-order valence-corrected chi connectivity index (χ2v) is 4.04. The van der Waals surface area contributed by atoms with Gasteiger partial charge in [-0.2, -0.15) is 16.8 Å². The van der Waals surface area contributed by atoms with E-state index in [4.69, 9.17) is 9.11 Å². The second-order valence-electron chi connectivity index (χ2n) is 1.85. The van der Waals surface area contributed by atoms with Crippen molar-refractivity contribution in [2.75, 3.05) is 13.2 Å². The molecule has 0 bridgehead atoms. The van der Waals surface area contributed by atoms with Crippen LogP contribution in [0.1, 0.15) is 6.42 Å². The van der Waals surface area contributed by atoms with Gasteiger partial charge in [-0.1, -0.05) is 0 Å². The first-order valence-corrected chi connectivity index (χ1v) is 5.67. The fraction of sp³-hybridized carbons (Fsp3) is 1.00. The van der Waals surface area contributed by atoms with Gasteiger partial charge in [0.1, 0.15) is 0 Å². The van der Waals surface area contributed by atoms with Crippen LogP contribution in [0.3, 0.4) is 0 Å². The van der Waals surface area contributed by atoms with Crippen LogP contribution in [0.2, 0.25) is 0 Å². The molecule has 0 unspecified atom stereocenters. The predicted molar refractivity (Wildman–Crippen MR) is 46.8 cm³/mol. The molecule has 14 heavy (non-hydrogen) atoms. The minimum atomic E-state index is -4.51. The molecule has 0 aromatic rings. The fourth-order valence-electron chi connectivity index (χ4n) is 0.387.